The minimum Gasteiger partial charge on any atom is -0.481 e. The van der Waals surface area contributed by atoms with Crippen LogP contribution in [0, 0.1) is 5.92 Å². The molecule has 34 heavy (non-hydrogen) atoms. The average Bonchev–Trinajstić information content (AvgIpc) is 2.80. The number of rotatable bonds is 18. The molecule has 0 aromatic heterocycles. The zero-order chi connectivity index (χ0) is 25.7. The summed E-state index contributed by atoms with van der Waals surface area (Å²) in [4.78, 5) is 21.0. The molecule has 0 rings (SSSR count). The number of allylic oxidation sites excluding steroid dienone is 12. The molecule has 4 nitrogen and oxygen atoms in total. The Hall–Kier alpha value is -2.62. The van der Waals surface area contributed by atoms with Crippen LogP contribution in [0.25, 0.3) is 0 Å². The lowest BCUT2D eigenvalue weighted by Gasteiger charge is -1.99. The number of nitrogens with one attached hydrogen (secondary N) is 1. The zero-order valence-corrected chi connectivity index (χ0v) is 22.0. The fraction of sp³-hybridized carbons (Fsp3) is 0.533. The molecule has 0 saturated heterocycles. The number of hydrogen-bond acceptors (Lipinski definition) is 2. The van der Waals surface area contributed by atoms with Gasteiger partial charge in [-0.2, -0.15) is 0 Å². The molecule has 0 aliphatic rings. The lowest BCUT2D eigenvalue weighted by molar-refractivity contribution is -0.137. The van der Waals surface area contributed by atoms with Gasteiger partial charge in [-0.25, -0.2) is 0 Å². The molecular formula is C30H49NO3. The van der Waals surface area contributed by atoms with Crippen molar-refractivity contribution in [1.82, 2.24) is 5.32 Å². The topological polar surface area (TPSA) is 66.4 Å². The van der Waals surface area contributed by atoms with Gasteiger partial charge in [0.2, 0.25) is 5.91 Å². The summed E-state index contributed by atoms with van der Waals surface area (Å²) in [5.41, 5.74) is 0. The van der Waals surface area contributed by atoms with E-state index in [-0.39, 0.29) is 5.91 Å². The van der Waals surface area contributed by atoms with Crippen molar-refractivity contribution in [1.29, 1.82) is 0 Å². The van der Waals surface area contributed by atoms with E-state index in [4.69, 9.17) is 5.11 Å². The van der Waals surface area contributed by atoms with Crippen molar-refractivity contribution in [2.45, 2.75) is 91.4 Å². The van der Waals surface area contributed by atoms with Crippen LogP contribution in [0.5, 0.6) is 0 Å². The molecule has 0 aliphatic carbocycles. The number of carbonyl (C=O) groups is 2. The van der Waals surface area contributed by atoms with Crippen LogP contribution in [0.3, 0.4) is 0 Å². The summed E-state index contributed by atoms with van der Waals surface area (Å²) in [6.07, 6.45) is 35.8. The van der Waals surface area contributed by atoms with Crippen molar-refractivity contribution in [3.8, 4) is 0 Å². The van der Waals surface area contributed by atoms with Crippen molar-refractivity contribution < 1.29 is 14.7 Å². The second kappa shape index (κ2) is 28.4. The number of hydrogen-bond donors (Lipinski definition) is 2. The predicted molar refractivity (Wildman–Crippen MR) is 148 cm³/mol. The first kappa shape index (κ1) is 33.6. The standard InChI is InChI=1S/C23H35NO.C7H14O2/c1-3-4-5-6-7-8-9-10-11-12-13-14-15-16-17-18-19-20-21-22-23(25)24-2;1-6(2)4-3-5-7(8)9/h4-5,7-8,10-11,13-14,16-17,19-20H,3,6,9,12,15,18,21-22H2,1-2H3,(H,24,25);6H,3-5H2,1-2H3,(H,8,9)/b5-4-,8-7-,11-10-,14-13-,17-16-,20-19-;. The third-order valence-electron chi connectivity index (χ3n) is 4.59. The fourth-order valence-electron chi connectivity index (χ4n) is 2.64. The van der Waals surface area contributed by atoms with Crippen LogP contribution in [-0.4, -0.2) is 24.0 Å². The molecule has 0 bridgehead atoms. The van der Waals surface area contributed by atoms with E-state index in [0.717, 1.165) is 57.8 Å². The highest BCUT2D eigenvalue weighted by molar-refractivity contribution is 5.75. The average molecular weight is 472 g/mol. The lowest BCUT2D eigenvalue weighted by atomic mass is 10.1. The fourth-order valence-corrected chi connectivity index (χ4v) is 2.64. The molecule has 0 saturated carbocycles. The van der Waals surface area contributed by atoms with Crippen LogP contribution in [0.2, 0.25) is 0 Å². The van der Waals surface area contributed by atoms with Crippen LogP contribution in [0.1, 0.15) is 91.4 Å². The van der Waals surface area contributed by atoms with Gasteiger partial charge >= 0.3 is 5.97 Å². The van der Waals surface area contributed by atoms with Gasteiger partial charge in [0.05, 0.1) is 0 Å². The molecule has 192 valence electrons. The Balaban J connectivity index is 0. The molecule has 4 heteroatoms. The van der Waals surface area contributed by atoms with Gasteiger partial charge in [0.1, 0.15) is 0 Å². The van der Waals surface area contributed by atoms with E-state index < -0.39 is 5.97 Å². The Morgan fingerprint density at radius 3 is 1.47 bits per heavy atom. The minimum atomic E-state index is -0.685. The van der Waals surface area contributed by atoms with Gasteiger partial charge in [0, 0.05) is 19.9 Å². The van der Waals surface area contributed by atoms with E-state index in [9.17, 15) is 9.59 Å². The number of carbonyl (C=O) groups excluding carboxylic acids is 1. The van der Waals surface area contributed by atoms with Crippen molar-refractivity contribution in [2.24, 2.45) is 5.92 Å². The molecule has 0 radical (unpaired) electrons. The summed E-state index contributed by atoms with van der Waals surface area (Å²) in [5, 5.41) is 10.8. The molecule has 1 amide bonds. The van der Waals surface area contributed by atoms with Gasteiger partial charge in [-0.1, -0.05) is 100 Å². The van der Waals surface area contributed by atoms with Gasteiger partial charge < -0.3 is 10.4 Å². The molecular weight excluding hydrogens is 422 g/mol. The van der Waals surface area contributed by atoms with E-state index in [1.807, 2.05) is 0 Å². The molecule has 0 aromatic carbocycles. The first-order chi connectivity index (χ1) is 16.4. The van der Waals surface area contributed by atoms with E-state index in [2.05, 4.69) is 99.0 Å². The molecule has 0 aromatic rings. The van der Waals surface area contributed by atoms with E-state index >= 15 is 0 Å². The largest absolute Gasteiger partial charge is 0.481 e. The summed E-state index contributed by atoms with van der Waals surface area (Å²) in [6.45, 7) is 6.35. The van der Waals surface area contributed by atoms with Crippen LogP contribution in [0.15, 0.2) is 72.9 Å². The molecule has 0 unspecified atom stereocenters. The van der Waals surface area contributed by atoms with E-state index in [1.165, 1.54) is 0 Å². The second-order valence-electron chi connectivity index (χ2n) is 8.31. The minimum absolute atomic E-state index is 0.0968. The third-order valence-corrected chi connectivity index (χ3v) is 4.59. The summed E-state index contributed by atoms with van der Waals surface area (Å²) in [6, 6.07) is 0. The van der Waals surface area contributed by atoms with Crippen molar-refractivity contribution in [3.63, 3.8) is 0 Å². The normalized spacial score (nSPS) is 12.1. The first-order valence-electron chi connectivity index (χ1n) is 12.8. The SMILES string of the molecule is CC(C)CCCC(=O)O.CC/C=C\C/C=C\C/C=C\C/C=C\C/C=C\C/C=C\CCC(=O)NC. The molecule has 0 atom stereocenters. The van der Waals surface area contributed by atoms with Crippen LogP contribution < -0.4 is 5.32 Å². The zero-order valence-electron chi connectivity index (χ0n) is 22.0. The quantitative estimate of drug-likeness (QED) is 0.198. The number of carboxylic acid groups (broad SMARTS) is 1. The Bertz CT molecular complexity index is 652. The van der Waals surface area contributed by atoms with Crippen LogP contribution >= 0.6 is 0 Å². The maximum absolute atomic E-state index is 11.0. The van der Waals surface area contributed by atoms with Crippen molar-refractivity contribution in [3.05, 3.63) is 72.9 Å². The molecule has 2 N–H and O–H groups in total. The van der Waals surface area contributed by atoms with Crippen molar-refractivity contribution >= 4 is 11.9 Å². The van der Waals surface area contributed by atoms with Gasteiger partial charge in [-0.15, -0.1) is 0 Å². The van der Waals surface area contributed by atoms with Gasteiger partial charge in [-0.05, 0) is 57.3 Å². The van der Waals surface area contributed by atoms with Gasteiger partial charge in [0.15, 0.2) is 0 Å². The number of aliphatic carboxylic acids is 1. The summed E-state index contributed by atoms with van der Waals surface area (Å²) >= 11 is 0. The Kier molecular flexibility index (Phi) is 28.0. The number of carboxylic acids is 1. The summed E-state index contributed by atoms with van der Waals surface area (Å²) < 4.78 is 0. The third kappa shape index (κ3) is 34.0. The second-order valence-corrected chi connectivity index (χ2v) is 8.31. The maximum atomic E-state index is 11.0. The number of amides is 1. The predicted octanol–water partition coefficient (Wildman–Crippen LogP) is 8.11. The van der Waals surface area contributed by atoms with Crippen molar-refractivity contribution in [2.75, 3.05) is 7.05 Å². The van der Waals surface area contributed by atoms with E-state index in [0.29, 0.717) is 18.8 Å². The highest BCUT2D eigenvalue weighted by Gasteiger charge is 1.97. The Morgan fingerprint density at radius 2 is 1.12 bits per heavy atom. The van der Waals surface area contributed by atoms with Gasteiger partial charge in [0.25, 0.3) is 0 Å². The Morgan fingerprint density at radius 1 is 0.706 bits per heavy atom. The van der Waals surface area contributed by atoms with E-state index in [1.54, 1.807) is 7.05 Å². The highest BCUT2D eigenvalue weighted by atomic mass is 16.4. The van der Waals surface area contributed by atoms with Crippen LogP contribution in [0.4, 0.5) is 0 Å². The monoisotopic (exact) mass is 471 g/mol. The molecule has 0 aliphatic heterocycles. The lowest BCUT2D eigenvalue weighted by Crippen LogP contribution is -2.16. The molecule has 0 fully saturated rings. The smallest absolute Gasteiger partial charge is 0.303 e. The van der Waals surface area contributed by atoms with Gasteiger partial charge in [-0.3, -0.25) is 9.59 Å². The summed E-state index contributed by atoms with van der Waals surface area (Å²) in [5.74, 6) is 0.0412. The maximum Gasteiger partial charge on any atom is 0.303 e. The Labute approximate surface area is 209 Å². The first-order valence-corrected chi connectivity index (χ1v) is 12.8. The van der Waals surface area contributed by atoms with Crippen LogP contribution in [-0.2, 0) is 9.59 Å². The highest BCUT2D eigenvalue weighted by Crippen LogP contribution is 2.05. The molecule has 0 heterocycles. The summed E-state index contributed by atoms with van der Waals surface area (Å²) in [7, 11) is 1.67. The molecule has 0 spiro atoms.